The van der Waals surface area contributed by atoms with Gasteiger partial charge in [0, 0.05) is 5.92 Å². The monoisotopic (exact) mass is 125 g/mol. The van der Waals surface area contributed by atoms with Gasteiger partial charge in [0.1, 0.15) is 0 Å². The molecule has 0 bridgehead atoms. The molecule has 0 saturated heterocycles. The van der Waals surface area contributed by atoms with Gasteiger partial charge in [0.25, 0.3) is 0 Å². The van der Waals surface area contributed by atoms with Gasteiger partial charge in [0.15, 0.2) is 0 Å². The van der Waals surface area contributed by atoms with Crippen LogP contribution in [0.1, 0.15) is 19.8 Å². The molecule has 0 heterocycles. The minimum absolute atomic E-state index is 0.0197. The first-order valence-corrected chi connectivity index (χ1v) is 3.26. The van der Waals surface area contributed by atoms with Gasteiger partial charge in [-0.1, -0.05) is 6.92 Å². The van der Waals surface area contributed by atoms with Crippen LogP contribution in [0.2, 0.25) is 0 Å². The molecule has 1 aliphatic rings. The quantitative estimate of drug-likeness (QED) is 0.485. The lowest BCUT2D eigenvalue weighted by Crippen LogP contribution is -2.29. The molecule has 1 aliphatic carbocycles. The summed E-state index contributed by atoms with van der Waals surface area (Å²) >= 11 is 0. The normalized spacial score (nSPS) is 33.0. The van der Waals surface area contributed by atoms with Gasteiger partial charge in [0.2, 0.25) is 5.91 Å². The zero-order chi connectivity index (χ0) is 6.85. The van der Waals surface area contributed by atoms with Crippen LogP contribution in [0.5, 0.6) is 0 Å². The second kappa shape index (κ2) is 2.29. The Kier molecular flexibility index (Phi) is 1.65. The van der Waals surface area contributed by atoms with Gasteiger partial charge in [-0.3, -0.25) is 4.79 Å². The molecule has 1 fully saturated rings. The minimum atomic E-state index is -0.0197. The largest absolute Gasteiger partial charge is 0.272 e. The predicted molar refractivity (Wildman–Crippen MR) is 36.4 cm³/mol. The minimum Gasteiger partial charge on any atom is -0.272 e. The molecule has 0 radical (unpaired) electrons. The summed E-state index contributed by atoms with van der Waals surface area (Å²) in [5.41, 5.74) is 0. The molecule has 0 aromatic heterocycles. The molecule has 2 nitrogen and oxygen atoms in total. The van der Waals surface area contributed by atoms with Crippen LogP contribution < -0.4 is 0 Å². The number of carbonyl (C=O) groups is 1. The van der Waals surface area contributed by atoms with Crippen molar-refractivity contribution in [3.8, 4) is 0 Å². The third kappa shape index (κ3) is 1.02. The van der Waals surface area contributed by atoms with Crippen molar-refractivity contribution in [3.05, 3.63) is 0 Å². The number of hydrogen-bond donors (Lipinski definition) is 0. The van der Waals surface area contributed by atoms with E-state index < -0.39 is 0 Å². The highest BCUT2D eigenvalue weighted by Gasteiger charge is 2.32. The topological polar surface area (TPSA) is 29.4 Å². The molecule has 1 unspecified atom stereocenters. The van der Waals surface area contributed by atoms with Crippen molar-refractivity contribution in [1.82, 2.24) is 0 Å². The van der Waals surface area contributed by atoms with Crippen molar-refractivity contribution >= 4 is 12.6 Å². The molecule has 0 aromatic carbocycles. The molecule has 0 N–H and O–H groups in total. The molecule has 0 aromatic rings. The van der Waals surface area contributed by atoms with E-state index in [1.54, 1.807) is 0 Å². The molecule has 1 rings (SSSR count). The maximum atomic E-state index is 10.8. The van der Waals surface area contributed by atoms with Crippen LogP contribution in [0.25, 0.3) is 0 Å². The number of nitrogens with zero attached hydrogens (tertiary/aromatic N) is 1. The Balaban J connectivity index is 2.43. The maximum absolute atomic E-state index is 10.8. The average Bonchev–Trinajstić information content (AvgIpc) is 1.84. The SMILES string of the molecule is C=NC(=O)C1CC[C@H]1C. The molecule has 0 aliphatic heterocycles. The third-order valence-corrected chi connectivity index (χ3v) is 2.09. The molecule has 1 amide bonds. The summed E-state index contributed by atoms with van der Waals surface area (Å²) < 4.78 is 0. The molecule has 2 heteroatoms. The lowest BCUT2D eigenvalue weighted by Gasteiger charge is -2.30. The van der Waals surface area contributed by atoms with Crippen molar-refractivity contribution in [2.45, 2.75) is 19.8 Å². The van der Waals surface area contributed by atoms with Crippen LogP contribution in [-0.4, -0.2) is 12.6 Å². The summed E-state index contributed by atoms with van der Waals surface area (Å²) in [5.74, 6) is 0.722. The van der Waals surface area contributed by atoms with Crippen LogP contribution in [0.3, 0.4) is 0 Å². The van der Waals surface area contributed by atoms with Crippen molar-refractivity contribution in [2.75, 3.05) is 0 Å². The first-order valence-electron chi connectivity index (χ1n) is 3.26. The molecule has 2 atom stereocenters. The Morgan fingerprint density at radius 2 is 2.33 bits per heavy atom. The van der Waals surface area contributed by atoms with E-state index in [4.69, 9.17) is 0 Å². The summed E-state index contributed by atoms with van der Waals surface area (Å²) in [6, 6.07) is 0. The first kappa shape index (κ1) is 6.46. The van der Waals surface area contributed by atoms with Crippen molar-refractivity contribution in [2.24, 2.45) is 16.8 Å². The standard InChI is InChI=1S/C7H11NO/c1-5-3-4-6(5)7(9)8-2/h5-6H,2-4H2,1H3/t5-,6?/m1/s1. The third-order valence-electron chi connectivity index (χ3n) is 2.09. The Hall–Kier alpha value is -0.660. The Bertz CT molecular complexity index is 142. The highest BCUT2D eigenvalue weighted by atomic mass is 16.1. The fraction of sp³-hybridized carbons (Fsp3) is 0.714. The molecular formula is C7H11NO. The second-order valence-electron chi connectivity index (χ2n) is 2.66. The van der Waals surface area contributed by atoms with E-state index in [2.05, 4.69) is 18.6 Å². The molecular weight excluding hydrogens is 114 g/mol. The first-order chi connectivity index (χ1) is 4.25. The fourth-order valence-electron chi connectivity index (χ4n) is 1.15. The van der Waals surface area contributed by atoms with Crippen LogP contribution in [0.4, 0.5) is 0 Å². The van der Waals surface area contributed by atoms with Crippen LogP contribution in [-0.2, 0) is 4.79 Å². The van der Waals surface area contributed by atoms with Crippen LogP contribution >= 0.6 is 0 Å². The van der Waals surface area contributed by atoms with Gasteiger partial charge < -0.3 is 0 Å². The summed E-state index contributed by atoms with van der Waals surface area (Å²) in [6.07, 6.45) is 2.19. The van der Waals surface area contributed by atoms with Crippen molar-refractivity contribution in [3.63, 3.8) is 0 Å². The Labute approximate surface area is 55.0 Å². The van der Waals surface area contributed by atoms with E-state index in [1.165, 1.54) is 6.42 Å². The van der Waals surface area contributed by atoms with Gasteiger partial charge in [-0.25, -0.2) is 4.99 Å². The van der Waals surface area contributed by atoms with Crippen LogP contribution in [0, 0.1) is 11.8 Å². The molecule has 0 spiro atoms. The zero-order valence-electron chi connectivity index (χ0n) is 5.63. The number of rotatable bonds is 1. The van der Waals surface area contributed by atoms with Gasteiger partial charge in [0.05, 0.1) is 0 Å². The van der Waals surface area contributed by atoms with E-state index in [-0.39, 0.29) is 11.8 Å². The van der Waals surface area contributed by atoms with E-state index >= 15 is 0 Å². The lowest BCUT2D eigenvalue weighted by molar-refractivity contribution is -0.126. The van der Waals surface area contributed by atoms with E-state index in [1.807, 2.05) is 0 Å². The predicted octanol–water partition coefficient (Wildman–Crippen LogP) is 1.26. The summed E-state index contributed by atoms with van der Waals surface area (Å²) in [6.45, 7) is 5.28. The molecule has 50 valence electrons. The summed E-state index contributed by atoms with van der Waals surface area (Å²) in [4.78, 5) is 14.1. The maximum Gasteiger partial charge on any atom is 0.248 e. The summed E-state index contributed by atoms with van der Waals surface area (Å²) in [5, 5.41) is 0. The second-order valence-corrected chi connectivity index (χ2v) is 2.66. The van der Waals surface area contributed by atoms with E-state index in [0.717, 1.165) is 6.42 Å². The Morgan fingerprint density at radius 3 is 2.44 bits per heavy atom. The highest BCUT2D eigenvalue weighted by molar-refractivity contribution is 5.83. The van der Waals surface area contributed by atoms with Gasteiger partial charge >= 0.3 is 0 Å². The number of aliphatic imine (C=N–C) groups is 1. The van der Waals surface area contributed by atoms with Crippen LogP contribution in [0.15, 0.2) is 4.99 Å². The number of carbonyl (C=O) groups excluding carboxylic acids is 1. The van der Waals surface area contributed by atoms with Crippen molar-refractivity contribution < 1.29 is 4.79 Å². The highest BCUT2D eigenvalue weighted by Crippen LogP contribution is 2.34. The molecule has 9 heavy (non-hydrogen) atoms. The number of hydrogen-bond acceptors (Lipinski definition) is 1. The summed E-state index contributed by atoms with van der Waals surface area (Å²) in [7, 11) is 0. The average molecular weight is 125 g/mol. The van der Waals surface area contributed by atoms with Crippen molar-refractivity contribution in [1.29, 1.82) is 0 Å². The van der Waals surface area contributed by atoms with E-state index in [9.17, 15) is 4.79 Å². The molecule has 1 saturated carbocycles. The Morgan fingerprint density at radius 1 is 1.67 bits per heavy atom. The van der Waals surface area contributed by atoms with E-state index in [0.29, 0.717) is 5.92 Å². The van der Waals surface area contributed by atoms with Gasteiger partial charge in [-0.05, 0) is 25.5 Å². The van der Waals surface area contributed by atoms with Gasteiger partial charge in [-0.2, -0.15) is 0 Å². The zero-order valence-corrected chi connectivity index (χ0v) is 5.63. The smallest absolute Gasteiger partial charge is 0.248 e. The van der Waals surface area contributed by atoms with Gasteiger partial charge in [-0.15, -0.1) is 0 Å². The number of amides is 1. The lowest BCUT2D eigenvalue weighted by atomic mass is 9.74. The fourth-order valence-corrected chi connectivity index (χ4v) is 1.15.